The normalized spacial score (nSPS) is 11.7. The predicted octanol–water partition coefficient (Wildman–Crippen LogP) is 6.92. The summed E-state index contributed by atoms with van der Waals surface area (Å²) in [7, 11) is -2.91. The fourth-order valence-corrected chi connectivity index (χ4v) is 3.96. The largest absolute Gasteiger partial charge is 0.494 e. The van der Waals surface area contributed by atoms with Crippen LogP contribution in [0.3, 0.4) is 0 Å². The molecule has 39 heavy (non-hydrogen) atoms. The number of rotatable bonds is 8. The van der Waals surface area contributed by atoms with E-state index >= 15 is 0 Å². The lowest BCUT2D eigenvalue weighted by Gasteiger charge is -2.11. The molecule has 0 spiro atoms. The lowest BCUT2D eigenvalue weighted by atomic mass is 10.2. The quantitative estimate of drug-likeness (QED) is 0.124. The van der Waals surface area contributed by atoms with Crippen LogP contribution in [0.15, 0.2) is 110 Å². The molecule has 0 saturated carbocycles. The molecular weight excluding hydrogens is 520 g/mol. The van der Waals surface area contributed by atoms with E-state index in [0.29, 0.717) is 39.7 Å². The van der Waals surface area contributed by atoms with E-state index in [1.807, 2.05) is 13.0 Å². The van der Waals surface area contributed by atoms with Gasteiger partial charge in [-0.25, -0.2) is 0 Å². The number of hydrogen-bond acceptors (Lipinski definition) is 9. The number of amides is 1. The lowest BCUT2D eigenvalue weighted by molar-refractivity contribution is 0.102. The molecule has 4 N–H and O–H groups in total. The average molecular weight is 545 g/mol. The van der Waals surface area contributed by atoms with E-state index in [2.05, 4.69) is 25.8 Å². The number of nitrogens with one attached hydrogen (secondary N) is 1. The van der Waals surface area contributed by atoms with E-state index in [4.69, 9.17) is 10.5 Å². The average Bonchev–Trinajstić information content (AvgIpc) is 2.92. The number of anilines is 2. The van der Waals surface area contributed by atoms with Crippen molar-refractivity contribution in [1.29, 1.82) is 0 Å². The maximum absolute atomic E-state index is 12.8. The minimum Gasteiger partial charge on any atom is -0.494 e. The van der Waals surface area contributed by atoms with Crippen LogP contribution in [0.4, 0.5) is 34.1 Å². The van der Waals surface area contributed by atoms with Crippen LogP contribution in [0.25, 0.3) is 0 Å². The first-order chi connectivity index (χ1) is 18.6. The highest BCUT2D eigenvalue weighted by Crippen LogP contribution is 2.31. The Bertz CT molecular complexity index is 1690. The summed E-state index contributed by atoms with van der Waals surface area (Å²) in [5.74, 6) is -0.0154. The van der Waals surface area contributed by atoms with Gasteiger partial charge in [0.15, 0.2) is 0 Å². The zero-order valence-corrected chi connectivity index (χ0v) is 21.8. The zero-order chi connectivity index (χ0) is 28.0. The van der Waals surface area contributed by atoms with Gasteiger partial charge >= 0.3 is 0 Å². The number of benzene rings is 4. The van der Waals surface area contributed by atoms with Crippen molar-refractivity contribution in [2.45, 2.75) is 11.8 Å². The number of nitrogens with two attached hydrogens (primary N) is 1. The molecule has 4 rings (SSSR count). The number of methoxy groups -OCH3 is 1. The summed E-state index contributed by atoms with van der Waals surface area (Å²) in [4.78, 5) is 12.5. The highest BCUT2D eigenvalue weighted by atomic mass is 32.2. The Kier molecular flexibility index (Phi) is 8.08. The van der Waals surface area contributed by atoms with Gasteiger partial charge in [-0.2, -0.15) is 28.9 Å². The topological polar surface area (TPSA) is 168 Å². The van der Waals surface area contributed by atoms with Crippen LogP contribution < -0.4 is 15.8 Å². The first-order valence-electron chi connectivity index (χ1n) is 11.5. The molecule has 0 aliphatic carbocycles. The Balaban J connectivity index is 1.44. The Morgan fingerprint density at radius 2 is 1.51 bits per heavy atom. The third kappa shape index (κ3) is 7.09. The molecule has 0 aliphatic heterocycles. The molecule has 4 aromatic rings. The van der Waals surface area contributed by atoms with Gasteiger partial charge in [-0.15, -0.1) is 0 Å². The number of hydrogen-bond donors (Lipinski definition) is 3. The number of carbonyl (C=O) groups is 1. The van der Waals surface area contributed by atoms with Gasteiger partial charge in [-0.3, -0.25) is 9.35 Å². The molecule has 0 radical (unpaired) electrons. The van der Waals surface area contributed by atoms with Crippen molar-refractivity contribution in [2.75, 3.05) is 18.2 Å². The second-order valence-corrected chi connectivity index (χ2v) is 9.73. The first-order valence-corrected chi connectivity index (χ1v) is 12.9. The molecule has 0 bridgehead atoms. The van der Waals surface area contributed by atoms with Gasteiger partial charge in [0.2, 0.25) is 0 Å². The summed E-state index contributed by atoms with van der Waals surface area (Å²) >= 11 is 0. The van der Waals surface area contributed by atoms with Gasteiger partial charge in [0, 0.05) is 17.3 Å². The van der Waals surface area contributed by atoms with E-state index < -0.39 is 10.1 Å². The molecule has 0 fully saturated rings. The molecule has 0 heterocycles. The van der Waals surface area contributed by atoms with E-state index in [0.717, 1.165) is 5.56 Å². The maximum Gasteiger partial charge on any atom is 0.294 e. The molecule has 0 unspecified atom stereocenters. The molecular formula is C27H24N6O5S. The molecule has 0 saturated heterocycles. The second kappa shape index (κ2) is 11.6. The standard InChI is InChI=1S/C27H24N6O5S/c1-17-14-19(28)8-12-24(17)33-30-20-9-6-18(7-10-20)27(34)29-25-13-11-22(16-26(25)38-2)32-31-21-4-3-5-23(15-21)39(35,36)37/h3-16H,28H2,1-2H3,(H,29,34)(H,35,36,37). The maximum atomic E-state index is 12.8. The monoisotopic (exact) mass is 544 g/mol. The van der Waals surface area contributed by atoms with Crippen LogP contribution in [0.2, 0.25) is 0 Å². The van der Waals surface area contributed by atoms with Gasteiger partial charge < -0.3 is 15.8 Å². The molecule has 0 aromatic heterocycles. The number of nitrogens with zero attached hydrogens (tertiary/aromatic N) is 4. The summed E-state index contributed by atoms with van der Waals surface area (Å²) in [5, 5.41) is 19.3. The fraction of sp³-hybridized carbons (Fsp3) is 0.0741. The Morgan fingerprint density at radius 1 is 0.846 bits per heavy atom. The lowest BCUT2D eigenvalue weighted by Crippen LogP contribution is -2.12. The van der Waals surface area contributed by atoms with Crippen molar-refractivity contribution < 1.29 is 22.5 Å². The molecule has 12 heteroatoms. The Morgan fingerprint density at radius 3 is 2.18 bits per heavy atom. The Hall–Kier alpha value is -4.94. The van der Waals surface area contributed by atoms with Gasteiger partial charge in [-0.05, 0) is 85.3 Å². The molecule has 11 nitrogen and oxygen atoms in total. The number of carbonyl (C=O) groups excluding carboxylic acids is 1. The molecule has 198 valence electrons. The van der Waals surface area contributed by atoms with Crippen molar-refractivity contribution in [3.05, 3.63) is 96.1 Å². The minimum absolute atomic E-state index is 0.230. The number of aryl methyl sites for hydroxylation is 1. The van der Waals surface area contributed by atoms with Crippen LogP contribution >= 0.6 is 0 Å². The zero-order valence-electron chi connectivity index (χ0n) is 20.9. The van der Waals surface area contributed by atoms with E-state index in [1.165, 1.54) is 31.4 Å². The molecule has 0 aliphatic rings. The van der Waals surface area contributed by atoms with Crippen LogP contribution in [-0.2, 0) is 10.1 Å². The summed E-state index contributed by atoms with van der Waals surface area (Å²) in [6, 6.07) is 22.2. The smallest absolute Gasteiger partial charge is 0.294 e. The SMILES string of the molecule is COc1cc(N=Nc2cccc(S(=O)(=O)O)c2)ccc1NC(=O)c1ccc(N=Nc2ccc(N)cc2C)cc1. The van der Waals surface area contributed by atoms with E-state index in [-0.39, 0.29) is 16.5 Å². The third-order valence-corrected chi connectivity index (χ3v) is 6.30. The molecule has 4 aromatic carbocycles. The highest BCUT2D eigenvalue weighted by molar-refractivity contribution is 7.85. The third-order valence-electron chi connectivity index (χ3n) is 5.45. The van der Waals surface area contributed by atoms with E-state index in [1.54, 1.807) is 54.6 Å². The number of ether oxygens (including phenoxy) is 1. The van der Waals surface area contributed by atoms with Gasteiger partial charge in [-0.1, -0.05) is 6.07 Å². The summed E-state index contributed by atoms with van der Waals surface area (Å²) in [6.45, 7) is 1.90. The van der Waals surface area contributed by atoms with E-state index in [9.17, 15) is 17.8 Å². The summed E-state index contributed by atoms with van der Waals surface area (Å²) in [6.07, 6.45) is 0. The Labute approximate surface area is 224 Å². The van der Waals surface area contributed by atoms with Crippen LogP contribution in [-0.4, -0.2) is 26.0 Å². The van der Waals surface area contributed by atoms with Gasteiger partial charge in [0.05, 0.1) is 40.4 Å². The van der Waals surface area contributed by atoms with Crippen LogP contribution in [0, 0.1) is 6.92 Å². The number of azo groups is 2. The first kappa shape index (κ1) is 27.1. The highest BCUT2D eigenvalue weighted by Gasteiger charge is 2.12. The number of nitrogen functional groups attached to an aromatic ring is 1. The van der Waals surface area contributed by atoms with Crippen molar-refractivity contribution >= 4 is 50.1 Å². The van der Waals surface area contributed by atoms with Crippen molar-refractivity contribution in [2.24, 2.45) is 20.5 Å². The van der Waals surface area contributed by atoms with Gasteiger partial charge in [0.1, 0.15) is 5.75 Å². The van der Waals surface area contributed by atoms with Crippen molar-refractivity contribution in [3.63, 3.8) is 0 Å². The summed E-state index contributed by atoms with van der Waals surface area (Å²) in [5.41, 5.74) is 10.0. The van der Waals surface area contributed by atoms with Gasteiger partial charge in [0.25, 0.3) is 16.0 Å². The van der Waals surface area contributed by atoms with Crippen LogP contribution in [0.1, 0.15) is 15.9 Å². The molecule has 0 atom stereocenters. The van der Waals surface area contributed by atoms with Crippen molar-refractivity contribution in [3.8, 4) is 5.75 Å². The van der Waals surface area contributed by atoms with Crippen molar-refractivity contribution in [1.82, 2.24) is 0 Å². The summed E-state index contributed by atoms with van der Waals surface area (Å²) < 4.78 is 37.2. The minimum atomic E-state index is -4.35. The molecule has 1 amide bonds. The fourth-order valence-electron chi connectivity index (χ4n) is 3.44. The van der Waals surface area contributed by atoms with Crippen LogP contribution in [0.5, 0.6) is 5.75 Å². The predicted molar refractivity (Wildman–Crippen MR) is 148 cm³/mol. The second-order valence-electron chi connectivity index (χ2n) is 8.30.